The molecule has 1 amide bonds. The van der Waals surface area contributed by atoms with Crippen molar-refractivity contribution in [1.82, 2.24) is 20.2 Å². The van der Waals surface area contributed by atoms with E-state index in [2.05, 4.69) is 15.3 Å². The van der Waals surface area contributed by atoms with E-state index >= 15 is 0 Å². The number of likely N-dealkylation sites (N-methyl/N-ethyl adjacent to an activating group) is 1. The summed E-state index contributed by atoms with van der Waals surface area (Å²) in [6.07, 6.45) is 4.67. The number of nitrogens with one attached hydrogen (secondary N) is 1. The van der Waals surface area contributed by atoms with Gasteiger partial charge in [-0.1, -0.05) is 11.8 Å². The number of amides is 1. The Kier molecular flexibility index (Phi) is 7.01. The molecular weight excluding hydrogens is 336 g/mol. The van der Waals surface area contributed by atoms with Crippen molar-refractivity contribution in [3.8, 4) is 0 Å². The molecule has 2 aromatic heterocycles. The van der Waals surface area contributed by atoms with Crippen molar-refractivity contribution in [1.29, 1.82) is 0 Å². The summed E-state index contributed by atoms with van der Waals surface area (Å²) < 4.78 is 5.46. The smallest absolute Gasteiger partial charge is 0.220 e. The Bertz CT molecular complexity index is 678. The predicted octanol–water partition coefficient (Wildman–Crippen LogP) is 2.76. The van der Waals surface area contributed by atoms with Gasteiger partial charge in [0, 0.05) is 24.4 Å². The quantitative estimate of drug-likeness (QED) is 0.575. The Balaban J connectivity index is 1.91. The summed E-state index contributed by atoms with van der Waals surface area (Å²) >= 11 is 1.53. The molecule has 0 spiro atoms. The van der Waals surface area contributed by atoms with Gasteiger partial charge < -0.3 is 9.73 Å². The van der Waals surface area contributed by atoms with Crippen molar-refractivity contribution < 1.29 is 9.21 Å². The predicted molar refractivity (Wildman–Crippen MR) is 99.8 cm³/mol. The number of carbonyl (C=O) groups excluding carboxylic acids is 1. The number of aryl methyl sites for hydroxylation is 2. The van der Waals surface area contributed by atoms with Gasteiger partial charge in [0.05, 0.1) is 12.3 Å². The van der Waals surface area contributed by atoms with Crippen LogP contribution in [0, 0.1) is 13.8 Å². The van der Waals surface area contributed by atoms with Gasteiger partial charge in [-0.2, -0.15) is 0 Å². The number of carbonyl (C=O) groups is 1. The van der Waals surface area contributed by atoms with Crippen LogP contribution in [0.4, 0.5) is 0 Å². The largest absolute Gasteiger partial charge is 0.468 e. The molecule has 1 unspecified atom stereocenters. The number of nitrogens with zero attached hydrogens (tertiary/aromatic N) is 3. The molecule has 1 N–H and O–H groups in total. The van der Waals surface area contributed by atoms with Crippen LogP contribution in [0.25, 0.3) is 0 Å². The topological polar surface area (TPSA) is 71.3 Å². The Hall–Kier alpha value is -1.86. The van der Waals surface area contributed by atoms with Crippen LogP contribution in [0.1, 0.15) is 35.2 Å². The fourth-order valence-corrected chi connectivity index (χ4v) is 3.17. The number of thioether (sulfide) groups is 1. The van der Waals surface area contributed by atoms with Crippen molar-refractivity contribution >= 4 is 17.7 Å². The third-order valence-electron chi connectivity index (χ3n) is 4.17. The maximum Gasteiger partial charge on any atom is 0.220 e. The van der Waals surface area contributed by atoms with Gasteiger partial charge in [0.1, 0.15) is 5.76 Å². The van der Waals surface area contributed by atoms with E-state index in [1.54, 1.807) is 6.26 Å². The summed E-state index contributed by atoms with van der Waals surface area (Å²) in [6, 6.07) is 3.80. The van der Waals surface area contributed by atoms with Gasteiger partial charge >= 0.3 is 0 Å². The Labute approximate surface area is 153 Å². The lowest BCUT2D eigenvalue weighted by Gasteiger charge is -2.22. The molecule has 136 valence electrons. The first-order valence-electron chi connectivity index (χ1n) is 8.27. The number of furan rings is 1. The molecule has 0 fully saturated rings. The molecule has 0 aliphatic heterocycles. The minimum Gasteiger partial charge on any atom is -0.468 e. The van der Waals surface area contributed by atoms with E-state index in [9.17, 15) is 4.79 Å². The van der Waals surface area contributed by atoms with Crippen LogP contribution in [0.3, 0.4) is 0 Å². The normalized spacial score (nSPS) is 12.4. The molecule has 0 aromatic carbocycles. The van der Waals surface area contributed by atoms with Gasteiger partial charge in [-0.05, 0) is 58.3 Å². The zero-order chi connectivity index (χ0) is 18.4. The molecule has 0 aliphatic rings. The van der Waals surface area contributed by atoms with Gasteiger partial charge in [0.25, 0.3) is 0 Å². The van der Waals surface area contributed by atoms with Gasteiger partial charge in [-0.25, -0.2) is 9.97 Å². The number of hydrogen-bond acceptors (Lipinski definition) is 6. The molecule has 1 atom stereocenters. The second-order valence-corrected chi connectivity index (χ2v) is 6.93. The van der Waals surface area contributed by atoms with Crippen molar-refractivity contribution in [2.24, 2.45) is 0 Å². The third-order valence-corrected chi connectivity index (χ3v) is 4.72. The highest BCUT2D eigenvalue weighted by molar-refractivity contribution is 7.98. The minimum atomic E-state index is 0.0196. The van der Waals surface area contributed by atoms with Crippen molar-refractivity contribution in [3.63, 3.8) is 0 Å². The lowest BCUT2D eigenvalue weighted by atomic mass is 10.1. The summed E-state index contributed by atoms with van der Waals surface area (Å²) in [4.78, 5) is 23.2. The summed E-state index contributed by atoms with van der Waals surface area (Å²) in [7, 11) is 3.94. The van der Waals surface area contributed by atoms with Gasteiger partial charge in [0.15, 0.2) is 5.16 Å². The molecule has 2 heterocycles. The fourth-order valence-electron chi connectivity index (χ4n) is 2.72. The van der Waals surface area contributed by atoms with Crippen molar-refractivity contribution in [2.75, 3.05) is 26.9 Å². The molecule has 0 bridgehead atoms. The lowest BCUT2D eigenvalue weighted by molar-refractivity contribution is -0.121. The van der Waals surface area contributed by atoms with E-state index in [0.717, 1.165) is 27.9 Å². The Morgan fingerprint density at radius 3 is 2.52 bits per heavy atom. The van der Waals surface area contributed by atoms with E-state index in [-0.39, 0.29) is 11.9 Å². The lowest BCUT2D eigenvalue weighted by Crippen LogP contribution is -2.34. The Morgan fingerprint density at radius 2 is 2.00 bits per heavy atom. The van der Waals surface area contributed by atoms with Crippen LogP contribution in [-0.4, -0.2) is 47.7 Å². The van der Waals surface area contributed by atoms with Crippen LogP contribution in [0.5, 0.6) is 0 Å². The molecule has 0 radical (unpaired) electrons. The number of rotatable bonds is 8. The third kappa shape index (κ3) is 5.31. The standard InChI is InChI=1S/C18H26N4O2S/c1-12-14(13(2)21-18(20-12)25-5)8-9-17(23)19-11-15(22(3)4)16-7-6-10-24-16/h6-7,10,15H,8-9,11H2,1-5H3,(H,19,23). The zero-order valence-electron chi connectivity index (χ0n) is 15.5. The maximum atomic E-state index is 12.3. The van der Waals surface area contributed by atoms with E-state index in [4.69, 9.17) is 4.42 Å². The fraction of sp³-hybridized carbons (Fsp3) is 0.500. The molecule has 0 saturated carbocycles. The highest BCUT2D eigenvalue weighted by atomic mass is 32.2. The SMILES string of the molecule is CSc1nc(C)c(CCC(=O)NCC(c2ccco2)N(C)C)c(C)n1. The second-order valence-electron chi connectivity index (χ2n) is 6.16. The van der Waals surface area contributed by atoms with Crippen LogP contribution in [0.15, 0.2) is 28.0 Å². The maximum absolute atomic E-state index is 12.3. The minimum absolute atomic E-state index is 0.0196. The molecule has 25 heavy (non-hydrogen) atoms. The van der Waals surface area contributed by atoms with E-state index in [1.165, 1.54) is 11.8 Å². The van der Waals surface area contributed by atoms with E-state index in [0.29, 0.717) is 19.4 Å². The van der Waals surface area contributed by atoms with Crippen LogP contribution in [0.2, 0.25) is 0 Å². The second kappa shape index (κ2) is 9.01. The van der Waals surface area contributed by atoms with Crippen LogP contribution < -0.4 is 5.32 Å². The van der Waals surface area contributed by atoms with Gasteiger partial charge in [-0.15, -0.1) is 0 Å². The Morgan fingerprint density at radius 1 is 1.32 bits per heavy atom. The zero-order valence-corrected chi connectivity index (χ0v) is 16.3. The molecule has 6 nitrogen and oxygen atoms in total. The van der Waals surface area contributed by atoms with Crippen molar-refractivity contribution in [2.45, 2.75) is 37.9 Å². The first-order valence-corrected chi connectivity index (χ1v) is 9.49. The number of aromatic nitrogens is 2. The average Bonchev–Trinajstić information content (AvgIpc) is 3.07. The monoisotopic (exact) mass is 362 g/mol. The van der Waals surface area contributed by atoms with E-state index in [1.807, 2.05) is 51.2 Å². The van der Waals surface area contributed by atoms with Gasteiger partial charge in [0.2, 0.25) is 5.91 Å². The number of hydrogen-bond donors (Lipinski definition) is 1. The summed E-state index contributed by atoms with van der Waals surface area (Å²) in [6.45, 7) is 4.46. The highest BCUT2D eigenvalue weighted by Gasteiger charge is 2.18. The molecule has 0 saturated heterocycles. The first-order chi connectivity index (χ1) is 11.9. The van der Waals surface area contributed by atoms with Crippen LogP contribution in [-0.2, 0) is 11.2 Å². The summed E-state index contributed by atoms with van der Waals surface area (Å²) in [5, 5.41) is 3.77. The molecular formula is C18H26N4O2S. The molecule has 2 aromatic rings. The summed E-state index contributed by atoms with van der Waals surface area (Å²) in [5.74, 6) is 0.865. The molecule has 2 rings (SSSR count). The van der Waals surface area contributed by atoms with Gasteiger partial charge in [-0.3, -0.25) is 9.69 Å². The summed E-state index contributed by atoms with van der Waals surface area (Å²) in [5.41, 5.74) is 2.96. The molecule has 0 aliphatic carbocycles. The highest BCUT2D eigenvalue weighted by Crippen LogP contribution is 2.19. The molecule has 7 heteroatoms. The van der Waals surface area contributed by atoms with E-state index < -0.39 is 0 Å². The first kappa shape index (κ1) is 19.5. The van der Waals surface area contributed by atoms with Crippen LogP contribution >= 0.6 is 11.8 Å². The van der Waals surface area contributed by atoms with Crippen molar-refractivity contribution in [3.05, 3.63) is 41.1 Å². The average molecular weight is 362 g/mol.